The van der Waals surface area contributed by atoms with Crippen LogP contribution in [-0.4, -0.2) is 4.92 Å². The van der Waals surface area contributed by atoms with Crippen LogP contribution in [0.3, 0.4) is 0 Å². The van der Waals surface area contributed by atoms with Gasteiger partial charge in [0.05, 0.1) is 10.5 Å². The second kappa shape index (κ2) is 5.80. The molecule has 2 aromatic carbocycles. The topological polar surface area (TPSA) is 43.1 Å². The molecule has 0 aliphatic carbocycles. The van der Waals surface area contributed by atoms with E-state index in [0.717, 1.165) is 15.6 Å². The van der Waals surface area contributed by atoms with Gasteiger partial charge in [-0.2, -0.15) is 0 Å². The zero-order valence-corrected chi connectivity index (χ0v) is 11.9. The predicted molar refractivity (Wildman–Crippen MR) is 80.2 cm³/mol. The van der Waals surface area contributed by atoms with Gasteiger partial charge in [-0.1, -0.05) is 51.8 Å². The smallest absolute Gasteiger partial charge is 0.258 e. The minimum absolute atomic E-state index is 0.0897. The Balaban J connectivity index is 2.50. The largest absolute Gasteiger partial charge is 0.277 e. The molecule has 0 amide bonds. The maximum absolute atomic E-state index is 11.2. The summed E-state index contributed by atoms with van der Waals surface area (Å²) in [6, 6.07) is 14.7. The van der Waals surface area contributed by atoms with Crippen molar-refractivity contribution >= 4 is 27.7 Å². The molecule has 0 saturated carbocycles. The van der Waals surface area contributed by atoms with Crippen LogP contribution in [0, 0.1) is 17.0 Å². The van der Waals surface area contributed by atoms with E-state index < -0.39 is 0 Å². The third-order valence-electron chi connectivity index (χ3n) is 2.74. The summed E-state index contributed by atoms with van der Waals surface area (Å²) in [7, 11) is 0. The molecule has 2 rings (SSSR count). The number of nitro groups is 1. The number of hydrogen-bond acceptors (Lipinski definition) is 2. The Bertz CT molecular complexity index is 633. The summed E-state index contributed by atoms with van der Waals surface area (Å²) in [4.78, 5) is 10.9. The van der Waals surface area contributed by atoms with E-state index in [0.29, 0.717) is 5.56 Å². The molecule has 0 aliphatic rings. The van der Waals surface area contributed by atoms with Crippen LogP contribution in [0.5, 0.6) is 0 Å². The minimum atomic E-state index is -0.357. The molecule has 0 saturated heterocycles. The fourth-order valence-electron chi connectivity index (χ4n) is 1.71. The van der Waals surface area contributed by atoms with Gasteiger partial charge in [-0.3, -0.25) is 10.1 Å². The molecule has 0 radical (unpaired) electrons. The molecule has 4 heteroatoms. The normalized spacial score (nSPS) is 11.4. The molecule has 0 aromatic heterocycles. The minimum Gasteiger partial charge on any atom is -0.258 e. The molecule has 19 heavy (non-hydrogen) atoms. The van der Waals surface area contributed by atoms with Gasteiger partial charge in [0.15, 0.2) is 0 Å². The Labute approximate surface area is 119 Å². The van der Waals surface area contributed by atoms with E-state index >= 15 is 0 Å². The van der Waals surface area contributed by atoms with Crippen molar-refractivity contribution in [1.29, 1.82) is 0 Å². The molecule has 0 fully saturated rings. The van der Waals surface area contributed by atoms with Crippen molar-refractivity contribution < 1.29 is 4.92 Å². The summed E-state index contributed by atoms with van der Waals surface area (Å²) >= 11 is 3.39. The van der Waals surface area contributed by atoms with Crippen molar-refractivity contribution in [3.05, 3.63) is 79.8 Å². The molecule has 0 heterocycles. The van der Waals surface area contributed by atoms with E-state index in [2.05, 4.69) is 15.9 Å². The molecule has 2 aromatic rings. The number of aryl methyl sites for hydroxylation is 1. The van der Waals surface area contributed by atoms with Crippen molar-refractivity contribution in [2.75, 3.05) is 0 Å². The highest BCUT2D eigenvalue weighted by atomic mass is 79.9. The second-order valence-electron chi connectivity index (χ2n) is 4.17. The Hall–Kier alpha value is -1.94. The van der Waals surface area contributed by atoms with Crippen LogP contribution in [0.15, 0.2) is 53.0 Å². The zero-order chi connectivity index (χ0) is 13.8. The first kappa shape index (κ1) is 13.5. The summed E-state index contributed by atoms with van der Waals surface area (Å²) in [5.41, 5.74) is 2.56. The van der Waals surface area contributed by atoms with Crippen molar-refractivity contribution in [2.45, 2.75) is 6.92 Å². The SMILES string of the molecule is Cc1ccc(/C(=C\c2ccccc2Br)[N+](=O)[O-])cc1. The van der Waals surface area contributed by atoms with Crippen molar-refractivity contribution in [3.63, 3.8) is 0 Å². The maximum atomic E-state index is 11.2. The number of nitrogens with zero attached hydrogens (tertiary/aromatic N) is 1. The first-order valence-electron chi connectivity index (χ1n) is 5.75. The highest BCUT2D eigenvalue weighted by Gasteiger charge is 2.14. The van der Waals surface area contributed by atoms with Crippen LogP contribution in [0.4, 0.5) is 0 Å². The van der Waals surface area contributed by atoms with E-state index in [1.807, 2.05) is 43.3 Å². The van der Waals surface area contributed by atoms with Gasteiger partial charge >= 0.3 is 0 Å². The molecule has 0 unspecified atom stereocenters. The third-order valence-corrected chi connectivity index (χ3v) is 3.46. The van der Waals surface area contributed by atoms with Gasteiger partial charge < -0.3 is 0 Å². The Morgan fingerprint density at radius 1 is 1.16 bits per heavy atom. The van der Waals surface area contributed by atoms with Gasteiger partial charge in [0.1, 0.15) is 0 Å². The lowest BCUT2D eigenvalue weighted by molar-refractivity contribution is -0.374. The third kappa shape index (κ3) is 3.29. The van der Waals surface area contributed by atoms with E-state index in [1.165, 1.54) is 0 Å². The van der Waals surface area contributed by atoms with E-state index in [-0.39, 0.29) is 10.6 Å². The molecular formula is C15H12BrNO2. The van der Waals surface area contributed by atoms with Gasteiger partial charge in [0.25, 0.3) is 5.70 Å². The van der Waals surface area contributed by atoms with E-state index in [4.69, 9.17) is 0 Å². The van der Waals surface area contributed by atoms with Crippen molar-refractivity contribution in [3.8, 4) is 0 Å². The Morgan fingerprint density at radius 3 is 2.37 bits per heavy atom. The second-order valence-corrected chi connectivity index (χ2v) is 5.03. The average Bonchev–Trinajstić information content (AvgIpc) is 2.39. The fraction of sp³-hybridized carbons (Fsp3) is 0.0667. The van der Waals surface area contributed by atoms with E-state index in [1.54, 1.807) is 18.2 Å². The highest BCUT2D eigenvalue weighted by molar-refractivity contribution is 9.10. The van der Waals surface area contributed by atoms with Crippen LogP contribution in [0.2, 0.25) is 0 Å². The monoisotopic (exact) mass is 317 g/mol. The zero-order valence-electron chi connectivity index (χ0n) is 10.3. The molecule has 0 spiro atoms. The molecule has 0 aliphatic heterocycles. The Kier molecular flexibility index (Phi) is 4.12. The lowest BCUT2D eigenvalue weighted by atomic mass is 10.1. The van der Waals surface area contributed by atoms with Gasteiger partial charge in [0, 0.05) is 10.5 Å². The van der Waals surface area contributed by atoms with Gasteiger partial charge in [0.2, 0.25) is 0 Å². The molecule has 3 nitrogen and oxygen atoms in total. The molecule has 96 valence electrons. The lowest BCUT2D eigenvalue weighted by Crippen LogP contribution is -1.98. The highest BCUT2D eigenvalue weighted by Crippen LogP contribution is 2.24. The maximum Gasteiger partial charge on any atom is 0.277 e. The molecular weight excluding hydrogens is 306 g/mol. The van der Waals surface area contributed by atoms with Gasteiger partial charge in [-0.15, -0.1) is 0 Å². The van der Waals surface area contributed by atoms with Crippen LogP contribution < -0.4 is 0 Å². The number of hydrogen-bond donors (Lipinski definition) is 0. The fourth-order valence-corrected chi connectivity index (χ4v) is 2.10. The summed E-state index contributed by atoms with van der Waals surface area (Å²) in [6.07, 6.45) is 1.58. The first-order chi connectivity index (χ1) is 9.08. The standard InChI is InChI=1S/C15H12BrNO2/c1-11-6-8-12(9-7-11)15(17(18)19)10-13-4-2-3-5-14(13)16/h2-10H,1H3/b15-10+. The number of benzene rings is 2. The van der Waals surface area contributed by atoms with Crippen LogP contribution >= 0.6 is 15.9 Å². The Morgan fingerprint density at radius 2 is 1.79 bits per heavy atom. The summed E-state index contributed by atoms with van der Waals surface area (Å²) < 4.78 is 0.835. The van der Waals surface area contributed by atoms with Gasteiger partial charge in [-0.25, -0.2) is 0 Å². The summed E-state index contributed by atoms with van der Waals surface area (Å²) in [5.74, 6) is 0. The van der Waals surface area contributed by atoms with Gasteiger partial charge in [-0.05, 0) is 30.7 Å². The first-order valence-corrected chi connectivity index (χ1v) is 6.55. The van der Waals surface area contributed by atoms with Crippen LogP contribution in [-0.2, 0) is 0 Å². The van der Waals surface area contributed by atoms with E-state index in [9.17, 15) is 10.1 Å². The van der Waals surface area contributed by atoms with Crippen molar-refractivity contribution in [1.82, 2.24) is 0 Å². The molecule has 0 bridgehead atoms. The predicted octanol–water partition coefficient (Wildman–Crippen LogP) is 4.53. The van der Waals surface area contributed by atoms with Crippen molar-refractivity contribution in [2.24, 2.45) is 0 Å². The average molecular weight is 318 g/mol. The van der Waals surface area contributed by atoms with Crippen LogP contribution in [0.25, 0.3) is 11.8 Å². The number of rotatable bonds is 3. The molecule has 0 N–H and O–H groups in total. The summed E-state index contributed by atoms with van der Waals surface area (Å²) in [5, 5.41) is 11.2. The lowest BCUT2D eigenvalue weighted by Gasteiger charge is -2.02. The summed E-state index contributed by atoms with van der Waals surface area (Å²) in [6.45, 7) is 1.95. The quantitative estimate of drug-likeness (QED) is 0.474. The van der Waals surface area contributed by atoms with Crippen LogP contribution in [0.1, 0.15) is 16.7 Å². The number of halogens is 1. The molecule has 0 atom stereocenters.